The number of fused-ring (bicyclic) bond motifs is 1. The highest BCUT2D eigenvalue weighted by Crippen LogP contribution is 2.28. The Labute approximate surface area is 244 Å². The number of hydrogen-bond acceptors (Lipinski definition) is 8. The SMILES string of the molecule is COc1ccccc1C(=O)OCCN(c1ccc(C)cc1)S(=O)(=O)c1ccc(NC2=NS(=O)(=O)c3ccccc32)cc1. The fourth-order valence-corrected chi connectivity index (χ4v) is 7.01. The van der Waals surface area contributed by atoms with E-state index in [1.807, 2.05) is 6.92 Å². The fraction of sp³-hybridized carbons (Fsp3) is 0.133. The van der Waals surface area contributed by atoms with E-state index in [1.54, 1.807) is 66.7 Å². The molecule has 1 aliphatic rings. The van der Waals surface area contributed by atoms with Crippen molar-refractivity contribution in [1.29, 1.82) is 0 Å². The maximum Gasteiger partial charge on any atom is 0.341 e. The predicted octanol–water partition coefficient (Wildman–Crippen LogP) is 4.62. The van der Waals surface area contributed by atoms with E-state index in [1.165, 1.54) is 41.7 Å². The van der Waals surface area contributed by atoms with Crippen LogP contribution in [-0.4, -0.2) is 48.9 Å². The van der Waals surface area contributed by atoms with Gasteiger partial charge in [-0.1, -0.05) is 42.0 Å². The van der Waals surface area contributed by atoms with E-state index in [-0.39, 0.29) is 34.3 Å². The van der Waals surface area contributed by atoms with Crippen molar-refractivity contribution in [1.82, 2.24) is 0 Å². The van der Waals surface area contributed by atoms with Crippen LogP contribution < -0.4 is 14.4 Å². The molecular formula is C30H27N3O7S2. The van der Waals surface area contributed by atoms with Gasteiger partial charge in [0.05, 0.1) is 24.2 Å². The minimum absolute atomic E-state index is 0.00828. The van der Waals surface area contributed by atoms with E-state index in [0.29, 0.717) is 22.7 Å². The maximum absolute atomic E-state index is 13.8. The van der Waals surface area contributed by atoms with Crippen LogP contribution in [0.4, 0.5) is 11.4 Å². The first kappa shape index (κ1) is 28.8. The molecular weight excluding hydrogens is 578 g/mol. The number of para-hydroxylation sites is 1. The lowest BCUT2D eigenvalue weighted by Gasteiger charge is -2.25. The topological polar surface area (TPSA) is 131 Å². The van der Waals surface area contributed by atoms with Crippen LogP contribution in [0, 0.1) is 6.92 Å². The maximum atomic E-state index is 13.8. The molecule has 1 heterocycles. The number of aryl methyl sites for hydroxylation is 1. The highest BCUT2D eigenvalue weighted by molar-refractivity contribution is 7.92. The highest BCUT2D eigenvalue weighted by Gasteiger charge is 2.29. The summed E-state index contributed by atoms with van der Waals surface area (Å²) in [5.74, 6) is -0.134. The summed E-state index contributed by atoms with van der Waals surface area (Å²) in [6, 6.07) is 25.9. The number of benzene rings is 4. The third-order valence-corrected chi connectivity index (χ3v) is 9.69. The lowest BCUT2D eigenvalue weighted by molar-refractivity contribution is 0.0514. The first-order valence-electron chi connectivity index (χ1n) is 12.8. The van der Waals surface area contributed by atoms with Crippen molar-refractivity contribution in [2.45, 2.75) is 16.7 Å². The summed E-state index contributed by atoms with van der Waals surface area (Å²) in [5.41, 5.74) is 2.47. The number of nitrogens with one attached hydrogen (secondary N) is 1. The smallest absolute Gasteiger partial charge is 0.341 e. The molecule has 4 aromatic rings. The van der Waals surface area contributed by atoms with Gasteiger partial charge in [-0.25, -0.2) is 13.2 Å². The van der Waals surface area contributed by atoms with Crippen LogP contribution in [0.3, 0.4) is 0 Å². The first-order chi connectivity index (χ1) is 20.1. The van der Waals surface area contributed by atoms with E-state index < -0.39 is 26.0 Å². The van der Waals surface area contributed by atoms with Gasteiger partial charge in [-0.3, -0.25) is 4.31 Å². The predicted molar refractivity (Wildman–Crippen MR) is 159 cm³/mol. The average molecular weight is 606 g/mol. The van der Waals surface area contributed by atoms with Crippen LogP contribution in [0.1, 0.15) is 21.5 Å². The van der Waals surface area contributed by atoms with Crippen molar-refractivity contribution in [3.63, 3.8) is 0 Å². The van der Waals surface area contributed by atoms with Gasteiger partial charge in [0.25, 0.3) is 20.0 Å². The monoisotopic (exact) mass is 605 g/mol. The molecule has 42 heavy (non-hydrogen) atoms. The molecule has 0 saturated carbocycles. The molecule has 0 unspecified atom stereocenters. The minimum Gasteiger partial charge on any atom is -0.496 e. The van der Waals surface area contributed by atoms with E-state index in [4.69, 9.17) is 9.47 Å². The highest BCUT2D eigenvalue weighted by atomic mass is 32.2. The van der Waals surface area contributed by atoms with E-state index >= 15 is 0 Å². The van der Waals surface area contributed by atoms with Crippen LogP contribution in [0.25, 0.3) is 0 Å². The lowest BCUT2D eigenvalue weighted by Crippen LogP contribution is -2.34. The van der Waals surface area contributed by atoms with Crippen LogP contribution in [-0.2, 0) is 24.8 Å². The average Bonchev–Trinajstić information content (AvgIpc) is 3.25. The number of ether oxygens (including phenoxy) is 2. The Morgan fingerprint density at radius 1 is 0.905 bits per heavy atom. The third kappa shape index (κ3) is 5.85. The molecule has 0 radical (unpaired) electrons. The van der Waals surface area contributed by atoms with Crippen molar-refractivity contribution >= 4 is 43.2 Å². The molecule has 1 N–H and O–H groups in total. The number of rotatable bonds is 9. The normalized spacial score (nSPS) is 13.5. The Bertz CT molecular complexity index is 1870. The molecule has 0 spiro atoms. The third-order valence-electron chi connectivity index (χ3n) is 6.51. The van der Waals surface area contributed by atoms with E-state index in [0.717, 1.165) is 5.56 Å². The van der Waals surface area contributed by atoms with Crippen LogP contribution in [0.5, 0.6) is 5.75 Å². The van der Waals surface area contributed by atoms with Crippen molar-refractivity contribution in [2.75, 3.05) is 29.9 Å². The summed E-state index contributed by atoms with van der Waals surface area (Å²) in [6.07, 6.45) is 0. The zero-order valence-electron chi connectivity index (χ0n) is 22.7. The summed E-state index contributed by atoms with van der Waals surface area (Å²) >= 11 is 0. The van der Waals surface area contributed by atoms with E-state index in [9.17, 15) is 21.6 Å². The Morgan fingerprint density at radius 3 is 2.29 bits per heavy atom. The van der Waals surface area contributed by atoms with Gasteiger partial charge < -0.3 is 14.8 Å². The van der Waals surface area contributed by atoms with Gasteiger partial charge in [-0.05, 0) is 67.6 Å². The lowest BCUT2D eigenvalue weighted by atomic mass is 10.2. The number of carbonyl (C=O) groups is 1. The summed E-state index contributed by atoms with van der Waals surface area (Å²) in [4.78, 5) is 12.8. The summed E-state index contributed by atoms with van der Waals surface area (Å²) in [7, 11) is -6.45. The standard InChI is InChI=1S/C30H27N3O7S2/c1-21-11-15-23(16-12-21)33(19-20-40-30(34)25-7-3-5-9-27(25)39-2)42(37,38)24-17-13-22(14-18-24)31-29-26-8-4-6-10-28(26)41(35,36)32-29/h3-18H,19-20H2,1-2H3,(H,31,32). The van der Waals surface area contributed by atoms with Gasteiger partial charge in [0.15, 0.2) is 5.84 Å². The number of methoxy groups -OCH3 is 1. The molecule has 0 fully saturated rings. The number of hydrogen-bond donors (Lipinski definition) is 1. The molecule has 1 aliphatic heterocycles. The molecule has 5 rings (SSSR count). The molecule has 0 aliphatic carbocycles. The summed E-state index contributed by atoms with van der Waals surface area (Å²) in [6.45, 7) is 1.54. The molecule has 0 saturated heterocycles. The number of nitrogens with zero attached hydrogens (tertiary/aromatic N) is 2. The number of esters is 1. The molecule has 10 nitrogen and oxygen atoms in total. The Kier molecular flexibility index (Phi) is 8.01. The van der Waals surface area contributed by atoms with Crippen molar-refractivity contribution in [3.05, 3.63) is 114 Å². The molecule has 12 heteroatoms. The molecule has 4 aromatic carbocycles. The Morgan fingerprint density at radius 2 is 1.57 bits per heavy atom. The fourth-order valence-electron chi connectivity index (χ4n) is 4.38. The molecule has 0 bridgehead atoms. The zero-order valence-corrected chi connectivity index (χ0v) is 24.4. The number of anilines is 2. The largest absolute Gasteiger partial charge is 0.496 e. The first-order valence-corrected chi connectivity index (χ1v) is 15.7. The van der Waals surface area contributed by atoms with Gasteiger partial charge in [0.1, 0.15) is 22.8 Å². The van der Waals surface area contributed by atoms with Gasteiger partial charge in [-0.2, -0.15) is 8.42 Å². The van der Waals surface area contributed by atoms with Gasteiger partial charge >= 0.3 is 5.97 Å². The van der Waals surface area contributed by atoms with Crippen LogP contribution >= 0.6 is 0 Å². The number of amidine groups is 1. The van der Waals surface area contributed by atoms with Crippen molar-refractivity contribution < 1.29 is 31.1 Å². The van der Waals surface area contributed by atoms with E-state index in [2.05, 4.69) is 9.71 Å². The molecule has 0 aromatic heterocycles. The quantitative estimate of drug-likeness (QED) is 0.274. The van der Waals surface area contributed by atoms with Gasteiger partial charge in [0.2, 0.25) is 0 Å². The molecule has 216 valence electrons. The number of sulfonamides is 2. The van der Waals surface area contributed by atoms with Gasteiger partial charge in [-0.15, -0.1) is 4.40 Å². The Hall–Kier alpha value is -4.68. The minimum atomic E-state index is -4.09. The van der Waals surface area contributed by atoms with Crippen LogP contribution in [0.2, 0.25) is 0 Å². The summed E-state index contributed by atoms with van der Waals surface area (Å²) < 4.78 is 68.0. The second-order valence-corrected chi connectivity index (χ2v) is 12.7. The number of carbonyl (C=O) groups excluding carboxylic acids is 1. The van der Waals surface area contributed by atoms with Gasteiger partial charge in [0, 0.05) is 11.3 Å². The Balaban J connectivity index is 1.36. The van der Waals surface area contributed by atoms with Crippen molar-refractivity contribution in [3.8, 4) is 5.75 Å². The van der Waals surface area contributed by atoms with Crippen LogP contribution in [0.15, 0.2) is 111 Å². The molecule has 0 amide bonds. The zero-order chi connectivity index (χ0) is 29.9. The second kappa shape index (κ2) is 11.7. The molecule has 0 atom stereocenters. The summed E-state index contributed by atoms with van der Waals surface area (Å²) in [5, 5.41) is 2.96. The van der Waals surface area contributed by atoms with Crippen molar-refractivity contribution in [2.24, 2.45) is 4.40 Å². The second-order valence-electron chi connectivity index (χ2n) is 9.31.